The van der Waals surface area contributed by atoms with Crippen molar-refractivity contribution >= 4 is 23.1 Å². The number of pyridine rings is 1. The average molecular weight is 316 g/mol. The SMILES string of the molecule is COC(=O)c1nc(CCNc2ccc(C#N)c(C)n2)sc1C. The lowest BCUT2D eigenvalue weighted by atomic mass is 10.2. The van der Waals surface area contributed by atoms with Crippen LogP contribution in [-0.4, -0.2) is 29.6 Å². The molecule has 2 aromatic rings. The molecule has 0 saturated heterocycles. The lowest BCUT2D eigenvalue weighted by Gasteiger charge is -2.05. The number of nitriles is 1. The summed E-state index contributed by atoms with van der Waals surface area (Å²) in [5, 5.41) is 12.9. The van der Waals surface area contributed by atoms with Gasteiger partial charge in [-0.25, -0.2) is 14.8 Å². The first kappa shape index (κ1) is 15.9. The summed E-state index contributed by atoms with van der Waals surface area (Å²) in [6, 6.07) is 5.61. The number of hydrogen-bond donors (Lipinski definition) is 1. The number of aromatic nitrogens is 2. The van der Waals surface area contributed by atoms with Crippen LogP contribution in [0.25, 0.3) is 0 Å². The van der Waals surface area contributed by atoms with E-state index in [1.165, 1.54) is 18.4 Å². The lowest BCUT2D eigenvalue weighted by molar-refractivity contribution is 0.0594. The van der Waals surface area contributed by atoms with Gasteiger partial charge in [-0.05, 0) is 26.0 Å². The van der Waals surface area contributed by atoms with Crippen molar-refractivity contribution < 1.29 is 9.53 Å². The molecule has 0 amide bonds. The second-order valence-corrected chi connectivity index (χ2v) is 5.91. The number of carbonyl (C=O) groups excluding carboxylic acids is 1. The molecule has 7 heteroatoms. The number of hydrogen-bond acceptors (Lipinski definition) is 7. The Labute approximate surface area is 132 Å². The second-order valence-electron chi connectivity index (χ2n) is 4.62. The summed E-state index contributed by atoms with van der Waals surface area (Å²) in [4.78, 5) is 21.0. The Kier molecular flexibility index (Phi) is 5.07. The summed E-state index contributed by atoms with van der Waals surface area (Å²) >= 11 is 1.49. The van der Waals surface area contributed by atoms with Crippen molar-refractivity contribution in [2.45, 2.75) is 20.3 Å². The van der Waals surface area contributed by atoms with Crippen LogP contribution < -0.4 is 5.32 Å². The molecular weight excluding hydrogens is 300 g/mol. The third kappa shape index (κ3) is 3.59. The van der Waals surface area contributed by atoms with Gasteiger partial charge in [0, 0.05) is 17.8 Å². The van der Waals surface area contributed by atoms with Gasteiger partial charge in [-0.2, -0.15) is 5.26 Å². The average Bonchev–Trinajstić information content (AvgIpc) is 2.87. The molecule has 0 bridgehead atoms. The molecule has 2 rings (SSSR count). The Morgan fingerprint density at radius 1 is 1.41 bits per heavy atom. The third-order valence-corrected chi connectivity index (χ3v) is 4.10. The number of nitrogens with zero attached hydrogens (tertiary/aromatic N) is 3. The molecule has 0 unspecified atom stereocenters. The molecule has 0 fully saturated rings. The van der Waals surface area contributed by atoms with Gasteiger partial charge in [-0.1, -0.05) is 0 Å². The number of carbonyl (C=O) groups is 1. The van der Waals surface area contributed by atoms with E-state index in [-0.39, 0.29) is 0 Å². The van der Waals surface area contributed by atoms with Crippen LogP contribution in [0.4, 0.5) is 5.82 Å². The molecule has 0 atom stereocenters. The van der Waals surface area contributed by atoms with E-state index in [2.05, 4.69) is 21.4 Å². The minimum atomic E-state index is -0.405. The van der Waals surface area contributed by atoms with Crippen LogP contribution in [-0.2, 0) is 11.2 Å². The fourth-order valence-electron chi connectivity index (χ4n) is 1.92. The highest BCUT2D eigenvalue weighted by atomic mass is 32.1. The van der Waals surface area contributed by atoms with E-state index >= 15 is 0 Å². The van der Waals surface area contributed by atoms with E-state index in [0.717, 1.165) is 15.7 Å². The smallest absolute Gasteiger partial charge is 0.357 e. The first-order chi connectivity index (χ1) is 10.5. The monoisotopic (exact) mass is 316 g/mol. The summed E-state index contributed by atoms with van der Waals surface area (Å²) < 4.78 is 4.69. The number of thiazole rings is 1. The summed E-state index contributed by atoms with van der Waals surface area (Å²) in [7, 11) is 1.35. The molecule has 2 aromatic heterocycles. The molecular formula is C15H16N4O2S. The summed E-state index contributed by atoms with van der Waals surface area (Å²) in [5.41, 5.74) is 1.66. The maximum Gasteiger partial charge on any atom is 0.357 e. The Morgan fingerprint density at radius 3 is 2.82 bits per heavy atom. The molecule has 1 N–H and O–H groups in total. The van der Waals surface area contributed by atoms with Crippen LogP contribution in [0.1, 0.15) is 31.6 Å². The highest BCUT2D eigenvalue weighted by Crippen LogP contribution is 2.19. The zero-order valence-corrected chi connectivity index (χ0v) is 13.5. The van der Waals surface area contributed by atoms with Gasteiger partial charge in [0.25, 0.3) is 0 Å². The molecule has 6 nitrogen and oxygen atoms in total. The predicted molar refractivity (Wildman–Crippen MR) is 84.1 cm³/mol. The van der Waals surface area contributed by atoms with Crippen LogP contribution in [0.2, 0.25) is 0 Å². The minimum absolute atomic E-state index is 0.384. The predicted octanol–water partition coefficient (Wildman–Crippen LogP) is 2.47. The fraction of sp³-hybridized carbons (Fsp3) is 0.333. The number of anilines is 1. The summed E-state index contributed by atoms with van der Waals surface area (Å²) in [6.45, 7) is 4.30. The number of nitrogens with one attached hydrogen (secondary N) is 1. The highest BCUT2D eigenvalue weighted by Gasteiger charge is 2.15. The molecule has 0 aliphatic carbocycles. The number of methoxy groups -OCH3 is 1. The van der Waals surface area contributed by atoms with E-state index < -0.39 is 5.97 Å². The molecule has 0 aliphatic rings. The van der Waals surface area contributed by atoms with Crippen molar-refractivity contribution in [3.8, 4) is 6.07 Å². The van der Waals surface area contributed by atoms with Crippen molar-refractivity contribution in [3.63, 3.8) is 0 Å². The van der Waals surface area contributed by atoms with E-state index in [0.29, 0.717) is 29.9 Å². The Hall–Kier alpha value is -2.46. The Bertz CT molecular complexity index is 734. The lowest BCUT2D eigenvalue weighted by Crippen LogP contribution is -2.08. The van der Waals surface area contributed by atoms with Crippen LogP contribution in [0.3, 0.4) is 0 Å². The quantitative estimate of drug-likeness (QED) is 0.853. The van der Waals surface area contributed by atoms with Crippen molar-refractivity contribution in [1.29, 1.82) is 5.26 Å². The van der Waals surface area contributed by atoms with Gasteiger partial charge >= 0.3 is 5.97 Å². The Morgan fingerprint density at radius 2 is 2.18 bits per heavy atom. The summed E-state index contributed by atoms with van der Waals surface area (Å²) in [5.74, 6) is 0.315. The molecule has 0 radical (unpaired) electrons. The maximum absolute atomic E-state index is 11.5. The van der Waals surface area contributed by atoms with Crippen LogP contribution in [0.5, 0.6) is 0 Å². The molecule has 0 saturated carbocycles. The minimum Gasteiger partial charge on any atom is -0.464 e. The number of rotatable bonds is 5. The van der Waals surface area contributed by atoms with E-state index in [1.54, 1.807) is 19.1 Å². The van der Waals surface area contributed by atoms with Gasteiger partial charge in [0.15, 0.2) is 5.69 Å². The van der Waals surface area contributed by atoms with Crippen molar-refractivity contribution in [3.05, 3.63) is 39.0 Å². The van der Waals surface area contributed by atoms with Crippen LogP contribution in [0.15, 0.2) is 12.1 Å². The van der Waals surface area contributed by atoms with E-state index in [9.17, 15) is 4.79 Å². The molecule has 22 heavy (non-hydrogen) atoms. The van der Waals surface area contributed by atoms with Gasteiger partial charge in [0.1, 0.15) is 11.9 Å². The van der Waals surface area contributed by atoms with Gasteiger partial charge in [0.05, 0.1) is 23.4 Å². The molecule has 0 spiro atoms. The Balaban J connectivity index is 1.95. The van der Waals surface area contributed by atoms with Crippen LogP contribution in [0, 0.1) is 25.2 Å². The number of esters is 1. The van der Waals surface area contributed by atoms with Crippen molar-refractivity contribution in [1.82, 2.24) is 9.97 Å². The highest BCUT2D eigenvalue weighted by molar-refractivity contribution is 7.11. The second kappa shape index (κ2) is 7.00. The summed E-state index contributed by atoms with van der Waals surface area (Å²) in [6.07, 6.45) is 0.684. The number of aryl methyl sites for hydroxylation is 2. The molecule has 0 aromatic carbocycles. The first-order valence-corrected chi connectivity index (χ1v) is 7.53. The van der Waals surface area contributed by atoms with E-state index in [1.807, 2.05) is 6.92 Å². The standard InChI is InChI=1S/C15H16N4O2S/c1-9-11(8-16)4-5-12(18-9)17-7-6-13-19-14(10(2)22-13)15(20)21-3/h4-5H,6-7H2,1-3H3,(H,17,18). The molecule has 0 aliphatic heterocycles. The topological polar surface area (TPSA) is 87.9 Å². The first-order valence-electron chi connectivity index (χ1n) is 6.71. The van der Waals surface area contributed by atoms with Gasteiger partial charge < -0.3 is 10.1 Å². The fourth-order valence-corrected chi connectivity index (χ4v) is 2.84. The normalized spacial score (nSPS) is 10.1. The zero-order chi connectivity index (χ0) is 16.1. The van der Waals surface area contributed by atoms with Crippen LogP contribution >= 0.6 is 11.3 Å². The molecule has 2 heterocycles. The van der Waals surface area contributed by atoms with Gasteiger partial charge in [-0.15, -0.1) is 11.3 Å². The zero-order valence-electron chi connectivity index (χ0n) is 12.6. The maximum atomic E-state index is 11.5. The van der Waals surface area contributed by atoms with Gasteiger partial charge in [-0.3, -0.25) is 0 Å². The van der Waals surface area contributed by atoms with Crippen molar-refractivity contribution in [2.24, 2.45) is 0 Å². The van der Waals surface area contributed by atoms with E-state index in [4.69, 9.17) is 10.00 Å². The molecule has 114 valence electrons. The third-order valence-electron chi connectivity index (χ3n) is 3.07. The van der Waals surface area contributed by atoms with Crippen molar-refractivity contribution in [2.75, 3.05) is 19.0 Å². The number of ether oxygens (including phenoxy) is 1. The largest absolute Gasteiger partial charge is 0.464 e. The van der Waals surface area contributed by atoms with Gasteiger partial charge in [0.2, 0.25) is 0 Å².